The predicted octanol–water partition coefficient (Wildman–Crippen LogP) is 0.165. The molecule has 21 heavy (non-hydrogen) atoms. The van der Waals surface area contributed by atoms with E-state index in [-0.39, 0.29) is 18.8 Å². The molecule has 6 nitrogen and oxygen atoms in total. The summed E-state index contributed by atoms with van der Waals surface area (Å²) in [6, 6.07) is 0.895. The van der Waals surface area contributed by atoms with Gasteiger partial charge in [-0.3, -0.25) is 0 Å². The normalized spacial score (nSPS) is 18.2. The second-order valence-corrected chi connectivity index (χ2v) is 4.21. The summed E-state index contributed by atoms with van der Waals surface area (Å²) in [6.07, 6.45) is -2.77. The van der Waals surface area contributed by atoms with Gasteiger partial charge >= 0.3 is 0 Å². The Bertz CT molecular complexity index is 562. The Kier molecular flexibility index (Phi) is 4.78. The number of nitrogens with two attached hydrogens (primary N) is 1. The summed E-state index contributed by atoms with van der Waals surface area (Å²) in [5.41, 5.74) is 4.50. The Morgan fingerprint density at radius 3 is 2.48 bits per heavy atom. The van der Waals surface area contributed by atoms with Crippen LogP contribution in [0.5, 0.6) is 0 Å². The lowest BCUT2D eigenvalue weighted by Gasteiger charge is -2.14. The van der Waals surface area contributed by atoms with Crippen LogP contribution in [-0.4, -0.2) is 42.1 Å². The van der Waals surface area contributed by atoms with Crippen molar-refractivity contribution in [3.05, 3.63) is 34.6 Å². The maximum Gasteiger partial charge on any atom is 0.195 e. The van der Waals surface area contributed by atoms with Crippen molar-refractivity contribution in [2.75, 3.05) is 19.8 Å². The van der Waals surface area contributed by atoms with Gasteiger partial charge in [-0.25, -0.2) is 18.2 Å². The molecule has 116 valence electrons. The third-order valence-electron chi connectivity index (χ3n) is 2.78. The van der Waals surface area contributed by atoms with Crippen LogP contribution in [0, 0.1) is 17.5 Å². The molecule has 0 spiro atoms. The topological polar surface area (TPSA) is 97.3 Å². The Morgan fingerprint density at radius 2 is 1.90 bits per heavy atom. The van der Waals surface area contributed by atoms with Crippen molar-refractivity contribution in [2.24, 2.45) is 10.7 Å². The quantitative estimate of drug-likeness (QED) is 0.418. The fraction of sp³-hybridized carbons (Fsp3) is 0.417. The lowest BCUT2D eigenvalue weighted by molar-refractivity contribution is -0.0469. The van der Waals surface area contributed by atoms with Gasteiger partial charge in [0.05, 0.1) is 25.4 Å². The number of benzene rings is 1. The minimum atomic E-state index is -1.75. The van der Waals surface area contributed by atoms with Crippen LogP contribution in [-0.2, 0) is 9.47 Å². The lowest BCUT2D eigenvalue weighted by Crippen LogP contribution is -2.22. The van der Waals surface area contributed by atoms with Gasteiger partial charge in [0.15, 0.2) is 30.0 Å². The molecule has 1 aliphatic heterocycles. The number of aliphatic hydroxyl groups excluding tert-OH is 2. The maximum absolute atomic E-state index is 13.7. The van der Waals surface area contributed by atoms with Crippen LogP contribution in [0.2, 0.25) is 0 Å². The number of hydrogen-bond acceptors (Lipinski definition) is 5. The molecule has 1 fully saturated rings. The van der Waals surface area contributed by atoms with Gasteiger partial charge in [0.25, 0.3) is 0 Å². The molecular formula is C12H13F3N2O4. The van der Waals surface area contributed by atoms with Crippen LogP contribution >= 0.6 is 0 Å². The van der Waals surface area contributed by atoms with E-state index in [1.165, 1.54) is 0 Å². The van der Waals surface area contributed by atoms with Gasteiger partial charge < -0.3 is 25.4 Å². The van der Waals surface area contributed by atoms with E-state index in [0.29, 0.717) is 0 Å². The third kappa shape index (κ3) is 3.16. The zero-order chi connectivity index (χ0) is 15.6. The molecule has 0 bridgehead atoms. The van der Waals surface area contributed by atoms with E-state index >= 15 is 0 Å². The molecule has 4 N–H and O–H groups in total. The first-order valence-corrected chi connectivity index (χ1v) is 5.98. The molecule has 0 aromatic heterocycles. The van der Waals surface area contributed by atoms with Gasteiger partial charge in [-0.2, -0.15) is 0 Å². The lowest BCUT2D eigenvalue weighted by atomic mass is 10.1. The van der Waals surface area contributed by atoms with Gasteiger partial charge in [-0.1, -0.05) is 0 Å². The van der Waals surface area contributed by atoms with Gasteiger partial charge in [-0.05, 0) is 6.07 Å². The van der Waals surface area contributed by atoms with Crippen molar-refractivity contribution in [1.82, 2.24) is 0 Å². The number of ether oxygens (including phenoxy) is 2. The molecule has 0 amide bonds. The van der Waals surface area contributed by atoms with E-state index in [2.05, 4.69) is 4.99 Å². The van der Waals surface area contributed by atoms with Crippen LogP contribution < -0.4 is 5.73 Å². The summed E-state index contributed by atoms with van der Waals surface area (Å²) >= 11 is 0. The van der Waals surface area contributed by atoms with Crippen molar-refractivity contribution in [3.63, 3.8) is 0 Å². The molecule has 1 aromatic rings. The second kappa shape index (κ2) is 6.39. The molecule has 0 radical (unpaired) electrons. The SMILES string of the molecule is N/C(=N/[C@@H](O)CO)c1cc(C2OCCO2)c(F)c(F)c1F. The fourth-order valence-electron chi connectivity index (χ4n) is 1.79. The molecule has 1 saturated heterocycles. The number of hydrogen-bond donors (Lipinski definition) is 3. The van der Waals surface area contributed by atoms with Gasteiger partial charge in [-0.15, -0.1) is 0 Å². The van der Waals surface area contributed by atoms with E-state index in [0.717, 1.165) is 6.07 Å². The maximum atomic E-state index is 13.7. The summed E-state index contributed by atoms with van der Waals surface area (Å²) in [6.45, 7) is -0.385. The highest BCUT2D eigenvalue weighted by Gasteiger charge is 2.28. The van der Waals surface area contributed by atoms with E-state index in [1.54, 1.807) is 0 Å². The zero-order valence-corrected chi connectivity index (χ0v) is 10.7. The van der Waals surface area contributed by atoms with Crippen molar-refractivity contribution >= 4 is 5.84 Å². The fourth-order valence-corrected chi connectivity index (χ4v) is 1.79. The summed E-state index contributed by atoms with van der Waals surface area (Å²) < 4.78 is 51.1. The van der Waals surface area contributed by atoms with Crippen molar-refractivity contribution < 1.29 is 32.9 Å². The monoisotopic (exact) mass is 306 g/mol. The van der Waals surface area contributed by atoms with Crippen LogP contribution in [0.1, 0.15) is 17.4 Å². The average molecular weight is 306 g/mol. The average Bonchev–Trinajstić information content (AvgIpc) is 2.98. The Morgan fingerprint density at radius 1 is 1.29 bits per heavy atom. The molecule has 1 aromatic carbocycles. The van der Waals surface area contributed by atoms with Crippen LogP contribution in [0.15, 0.2) is 11.1 Å². The minimum absolute atomic E-state index is 0.186. The molecule has 9 heteroatoms. The summed E-state index contributed by atoms with van der Waals surface area (Å²) in [5.74, 6) is -5.34. The standard InChI is InChI=1S/C12H13F3N2O4/c13-8-5(11(16)17-7(19)4-18)3-6(9(14)10(8)15)12-20-1-2-21-12/h3,7,12,18-19H,1-2,4H2,(H2,16,17)/t7-/m0/s1. The van der Waals surface area contributed by atoms with Crippen LogP contribution in [0.25, 0.3) is 0 Å². The molecule has 1 atom stereocenters. The van der Waals surface area contributed by atoms with Gasteiger partial charge in [0, 0.05) is 5.56 Å². The Balaban J connectivity index is 2.48. The molecule has 2 rings (SSSR count). The summed E-state index contributed by atoms with van der Waals surface area (Å²) in [5, 5.41) is 17.8. The number of rotatable bonds is 4. The van der Waals surface area contributed by atoms with Gasteiger partial charge in [0.1, 0.15) is 5.84 Å². The number of aliphatic imine (C=N–C) groups is 1. The zero-order valence-electron chi connectivity index (χ0n) is 10.7. The molecule has 0 aliphatic carbocycles. The number of halogens is 3. The molecular weight excluding hydrogens is 293 g/mol. The first kappa shape index (κ1) is 15.7. The molecule has 0 saturated carbocycles. The van der Waals surface area contributed by atoms with Crippen LogP contribution in [0.3, 0.4) is 0 Å². The molecule has 0 unspecified atom stereocenters. The minimum Gasteiger partial charge on any atom is -0.392 e. The highest BCUT2D eigenvalue weighted by atomic mass is 19.2. The van der Waals surface area contributed by atoms with Crippen molar-refractivity contribution in [3.8, 4) is 0 Å². The summed E-state index contributed by atoms with van der Waals surface area (Å²) in [4.78, 5) is 3.35. The van der Waals surface area contributed by atoms with E-state index < -0.39 is 48.0 Å². The first-order valence-electron chi connectivity index (χ1n) is 5.98. The Hall–Kier alpha value is -1.68. The highest BCUT2D eigenvalue weighted by Crippen LogP contribution is 2.29. The molecule has 1 aliphatic rings. The van der Waals surface area contributed by atoms with E-state index in [4.69, 9.17) is 25.4 Å². The number of amidine groups is 1. The molecule has 1 heterocycles. The third-order valence-corrected chi connectivity index (χ3v) is 2.78. The largest absolute Gasteiger partial charge is 0.392 e. The van der Waals surface area contributed by atoms with Crippen molar-refractivity contribution in [1.29, 1.82) is 0 Å². The predicted molar refractivity (Wildman–Crippen MR) is 64.8 cm³/mol. The van der Waals surface area contributed by atoms with Crippen LogP contribution in [0.4, 0.5) is 13.2 Å². The van der Waals surface area contributed by atoms with Crippen molar-refractivity contribution in [2.45, 2.75) is 12.5 Å². The second-order valence-electron chi connectivity index (χ2n) is 4.21. The Labute approximate surface area is 117 Å². The van der Waals surface area contributed by atoms with E-state index in [9.17, 15) is 13.2 Å². The number of aliphatic hydroxyl groups is 2. The van der Waals surface area contributed by atoms with Gasteiger partial charge in [0.2, 0.25) is 0 Å². The summed E-state index contributed by atoms with van der Waals surface area (Å²) in [7, 11) is 0. The highest BCUT2D eigenvalue weighted by molar-refractivity contribution is 5.98. The smallest absolute Gasteiger partial charge is 0.195 e. The first-order chi connectivity index (χ1) is 9.95. The van der Waals surface area contributed by atoms with E-state index in [1.807, 2.05) is 0 Å². The number of nitrogens with zero attached hydrogens (tertiary/aromatic N) is 1.